The van der Waals surface area contributed by atoms with Crippen LogP contribution in [-0.2, 0) is 20.9 Å². The fraction of sp³-hybridized carbons (Fsp3) is 0.185. The smallest absolute Gasteiger partial charge is 0.270 e. The maximum atomic E-state index is 13.7. The summed E-state index contributed by atoms with van der Waals surface area (Å²) in [4.78, 5) is 64.6. The van der Waals surface area contributed by atoms with Crippen molar-refractivity contribution in [3.05, 3.63) is 88.0 Å². The number of anilines is 2. The van der Waals surface area contributed by atoms with Crippen molar-refractivity contribution in [2.45, 2.75) is 25.9 Å². The molecule has 4 amide bonds. The summed E-state index contributed by atoms with van der Waals surface area (Å²) in [7, 11) is 0. The second kappa shape index (κ2) is 10.2. The molecule has 1 saturated heterocycles. The maximum Gasteiger partial charge on any atom is 0.270 e. The van der Waals surface area contributed by atoms with Crippen molar-refractivity contribution in [2.75, 3.05) is 17.0 Å². The molecule has 0 aliphatic carbocycles. The Labute approximate surface area is 221 Å². The number of hydrogen-bond acceptors (Lipinski definition) is 8. The summed E-state index contributed by atoms with van der Waals surface area (Å²) in [5.74, 6) is -1.03. The molecule has 12 heteroatoms. The SMILES string of the molecule is CC(=O)Nc1ccc(N2C(=O)CC(N(Cc3ccc4c(c3)OCO4)C(=O)c3cccc([N+](=O)[O-])c3)C2=O)cc1. The van der Waals surface area contributed by atoms with Crippen LogP contribution in [0.25, 0.3) is 0 Å². The third-order valence-corrected chi connectivity index (χ3v) is 6.30. The van der Waals surface area contributed by atoms with Crippen molar-refractivity contribution in [2.24, 2.45) is 0 Å². The van der Waals surface area contributed by atoms with Gasteiger partial charge < -0.3 is 19.7 Å². The van der Waals surface area contributed by atoms with E-state index >= 15 is 0 Å². The van der Waals surface area contributed by atoms with Crippen molar-refractivity contribution >= 4 is 40.7 Å². The summed E-state index contributed by atoms with van der Waals surface area (Å²) in [6, 6.07) is 15.3. The predicted molar refractivity (Wildman–Crippen MR) is 137 cm³/mol. The van der Waals surface area contributed by atoms with E-state index in [1.165, 1.54) is 42.2 Å². The standard InChI is InChI=1S/C27H22N4O8/c1-16(32)28-19-6-8-20(9-7-19)30-25(33)13-22(27(30)35)29(14-17-5-10-23-24(11-17)39-15-38-23)26(34)18-3-2-4-21(12-18)31(36)37/h2-12,22H,13-15H2,1H3,(H,28,32). The molecule has 1 N–H and O–H groups in total. The quantitative estimate of drug-likeness (QED) is 0.278. The topological polar surface area (TPSA) is 148 Å². The van der Waals surface area contributed by atoms with E-state index in [-0.39, 0.29) is 42.6 Å². The molecule has 2 heterocycles. The van der Waals surface area contributed by atoms with Gasteiger partial charge >= 0.3 is 0 Å². The summed E-state index contributed by atoms with van der Waals surface area (Å²) in [6.45, 7) is 1.34. The van der Waals surface area contributed by atoms with Gasteiger partial charge in [-0.1, -0.05) is 12.1 Å². The molecule has 1 fully saturated rings. The first-order valence-corrected chi connectivity index (χ1v) is 11.9. The molecule has 3 aromatic rings. The minimum absolute atomic E-state index is 0.00306. The van der Waals surface area contributed by atoms with E-state index in [9.17, 15) is 29.3 Å². The van der Waals surface area contributed by atoms with E-state index < -0.39 is 28.7 Å². The lowest BCUT2D eigenvalue weighted by Gasteiger charge is -2.28. The highest BCUT2D eigenvalue weighted by Crippen LogP contribution is 2.34. The molecule has 2 aliphatic heterocycles. The molecule has 0 spiro atoms. The van der Waals surface area contributed by atoms with Crippen LogP contribution in [0.1, 0.15) is 29.3 Å². The van der Waals surface area contributed by atoms with Gasteiger partial charge in [0.05, 0.1) is 17.0 Å². The number of nitrogens with zero attached hydrogens (tertiary/aromatic N) is 3. The van der Waals surface area contributed by atoms with Gasteiger partial charge in [-0.3, -0.25) is 29.3 Å². The van der Waals surface area contributed by atoms with Gasteiger partial charge in [0.25, 0.3) is 17.5 Å². The molecule has 12 nitrogen and oxygen atoms in total. The van der Waals surface area contributed by atoms with Crippen molar-refractivity contribution in [1.82, 2.24) is 4.90 Å². The average molecular weight is 530 g/mol. The van der Waals surface area contributed by atoms with Gasteiger partial charge in [-0.2, -0.15) is 0 Å². The zero-order chi connectivity index (χ0) is 27.7. The van der Waals surface area contributed by atoms with Crippen LogP contribution >= 0.6 is 0 Å². The van der Waals surface area contributed by atoms with Gasteiger partial charge in [0.1, 0.15) is 6.04 Å². The van der Waals surface area contributed by atoms with E-state index in [0.29, 0.717) is 22.7 Å². The van der Waals surface area contributed by atoms with Crippen molar-refractivity contribution in [1.29, 1.82) is 0 Å². The monoisotopic (exact) mass is 530 g/mol. The zero-order valence-electron chi connectivity index (χ0n) is 20.7. The Hall–Kier alpha value is -5.26. The van der Waals surface area contributed by atoms with Gasteiger partial charge in [-0.05, 0) is 48.0 Å². The Morgan fingerprint density at radius 2 is 1.79 bits per heavy atom. The number of carbonyl (C=O) groups excluding carboxylic acids is 4. The molecule has 0 saturated carbocycles. The summed E-state index contributed by atoms with van der Waals surface area (Å²) in [6.07, 6.45) is -0.280. The fourth-order valence-electron chi connectivity index (χ4n) is 4.51. The molecule has 1 atom stereocenters. The molecule has 3 aromatic carbocycles. The summed E-state index contributed by atoms with van der Waals surface area (Å²) in [5.41, 5.74) is 1.11. The number of fused-ring (bicyclic) bond motifs is 1. The number of benzene rings is 3. The van der Waals surface area contributed by atoms with Crippen LogP contribution in [0.4, 0.5) is 17.1 Å². The first kappa shape index (κ1) is 25.4. The Bertz CT molecular complexity index is 1500. The van der Waals surface area contributed by atoms with Gasteiger partial charge in [0.15, 0.2) is 11.5 Å². The molecule has 0 radical (unpaired) electrons. The van der Waals surface area contributed by atoms with E-state index in [0.717, 1.165) is 11.0 Å². The van der Waals surface area contributed by atoms with Gasteiger partial charge in [-0.25, -0.2) is 4.90 Å². The Balaban J connectivity index is 1.47. The number of hydrogen-bond donors (Lipinski definition) is 1. The number of nitro benzene ring substituents is 1. The van der Waals surface area contributed by atoms with Gasteiger partial charge in [0.2, 0.25) is 18.6 Å². The molecule has 198 valence electrons. The molecule has 5 rings (SSSR count). The Kier molecular flexibility index (Phi) is 6.67. The van der Waals surface area contributed by atoms with Crippen molar-refractivity contribution < 1.29 is 33.6 Å². The molecular formula is C27H22N4O8. The molecule has 1 unspecified atom stereocenters. The number of imide groups is 1. The van der Waals surface area contributed by atoms with Gasteiger partial charge in [0, 0.05) is 36.9 Å². The first-order chi connectivity index (χ1) is 18.7. The lowest BCUT2D eigenvalue weighted by Crippen LogP contribution is -2.45. The maximum absolute atomic E-state index is 13.7. The number of nitrogens with one attached hydrogen (secondary N) is 1. The van der Waals surface area contributed by atoms with Crippen LogP contribution in [0.5, 0.6) is 11.5 Å². The third-order valence-electron chi connectivity index (χ3n) is 6.30. The van der Waals surface area contributed by atoms with E-state index in [2.05, 4.69) is 5.32 Å². The third kappa shape index (κ3) is 5.12. The largest absolute Gasteiger partial charge is 0.454 e. The Morgan fingerprint density at radius 3 is 2.51 bits per heavy atom. The predicted octanol–water partition coefficient (Wildman–Crippen LogP) is 3.26. The Morgan fingerprint density at radius 1 is 1.05 bits per heavy atom. The number of ether oxygens (including phenoxy) is 2. The summed E-state index contributed by atoms with van der Waals surface area (Å²) in [5, 5.41) is 13.9. The zero-order valence-corrected chi connectivity index (χ0v) is 20.7. The van der Waals surface area contributed by atoms with Crippen molar-refractivity contribution in [3.63, 3.8) is 0 Å². The minimum atomic E-state index is -1.16. The number of carbonyl (C=O) groups is 4. The summed E-state index contributed by atoms with van der Waals surface area (Å²) < 4.78 is 10.8. The second-order valence-corrected chi connectivity index (χ2v) is 8.94. The number of amides is 4. The normalized spacial score (nSPS) is 15.8. The molecule has 2 aliphatic rings. The average Bonchev–Trinajstić information content (AvgIpc) is 3.50. The van der Waals surface area contributed by atoms with Crippen LogP contribution in [-0.4, -0.2) is 46.3 Å². The molecular weight excluding hydrogens is 508 g/mol. The van der Waals surface area contributed by atoms with Crippen molar-refractivity contribution in [3.8, 4) is 11.5 Å². The van der Waals surface area contributed by atoms with Crippen LogP contribution in [0.15, 0.2) is 66.7 Å². The molecule has 39 heavy (non-hydrogen) atoms. The van der Waals surface area contributed by atoms with E-state index in [4.69, 9.17) is 9.47 Å². The lowest BCUT2D eigenvalue weighted by atomic mass is 10.1. The minimum Gasteiger partial charge on any atom is -0.454 e. The second-order valence-electron chi connectivity index (χ2n) is 8.94. The highest BCUT2D eigenvalue weighted by molar-refractivity contribution is 6.23. The number of rotatable bonds is 7. The lowest BCUT2D eigenvalue weighted by molar-refractivity contribution is -0.384. The highest BCUT2D eigenvalue weighted by Gasteiger charge is 2.44. The van der Waals surface area contributed by atoms with Crippen LogP contribution in [0.2, 0.25) is 0 Å². The van der Waals surface area contributed by atoms with E-state index in [1.807, 2.05) is 0 Å². The summed E-state index contributed by atoms with van der Waals surface area (Å²) >= 11 is 0. The molecule has 0 bridgehead atoms. The fourth-order valence-corrected chi connectivity index (χ4v) is 4.51. The van der Waals surface area contributed by atoms with E-state index in [1.54, 1.807) is 30.3 Å². The first-order valence-electron chi connectivity index (χ1n) is 11.9. The highest BCUT2D eigenvalue weighted by atomic mass is 16.7. The number of nitro groups is 1. The van der Waals surface area contributed by atoms with Crippen LogP contribution in [0.3, 0.4) is 0 Å². The van der Waals surface area contributed by atoms with Crippen LogP contribution < -0.4 is 19.7 Å². The molecule has 0 aromatic heterocycles. The van der Waals surface area contributed by atoms with Gasteiger partial charge in [-0.15, -0.1) is 0 Å². The van der Waals surface area contributed by atoms with Crippen LogP contribution in [0, 0.1) is 10.1 Å². The number of non-ortho nitro benzene ring substituents is 1.